The Bertz CT molecular complexity index is 655. The van der Waals surface area contributed by atoms with E-state index in [-0.39, 0.29) is 10.4 Å². The van der Waals surface area contributed by atoms with Crippen molar-refractivity contribution in [2.24, 2.45) is 0 Å². The van der Waals surface area contributed by atoms with E-state index in [1.165, 1.54) is 4.31 Å². The number of anilines is 2. The summed E-state index contributed by atoms with van der Waals surface area (Å²) < 4.78 is 49.7. The van der Waals surface area contributed by atoms with Crippen LogP contribution in [0, 0.1) is 0 Å². The Hall–Kier alpha value is -0.800. The fourth-order valence-electron chi connectivity index (χ4n) is 1.83. The van der Waals surface area contributed by atoms with E-state index >= 15 is 0 Å². The zero-order valence-electron chi connectivity index (χ0n) is 9.91. The quantitative estimate of drug-likeness (QED) is 0.812. The molecule has 1 N–H and O–H groups in total. The largest absolute Gasteiger partial charge is 0.283 e. The molecule has 1 fully saturated rings. The van der Waals surface area contributed by atoms with Crippen LogP contribution in [0.3, 0.4) is 0 Å². The van der Waals surface area contributed by atoms with Gasteiger partial charge < -0.3 is 0 Å². The van der Waals surface area contributed by atoms with E-state index in [4.69, 9.17) is 0 Å². The SMILES string of the molecule is O=S(=O)(CBr)Nc1ccc(N2CCCS2(=O)=O)cc1. The Morgan fingerprint density at radius 3 is 2.37 bits per heavy atom. The molecule has 1 aliphatic rings. The maximum atomic E-state index is 11.7. The summed E-state index contributed by atoms with van der Waals surface area (Å²) in [6.07, 6.45) is 0.611. The van der Waals surface area contributed by atoms with Gasteiger partial charge in [-0.25, -0.2) is 16.8 Å². The van der Waals surface area contributed by atoms with Crippen molar-refractivity contribution in [2.75, 3.05) is 26.0 Å². The molecule has 6 nitrogen and oxygen atoms in total. The predicted octanol–water partition coefficient (Wildman–Crippen LogP) is 1.32. The summed E-state index contributed by atoms with van der Waals surface area (Å²) in [5.74, 6) is 0.158. The molecule has 106 valence electrons. The molecule has 0 saturated carbocycles. The molecule has 1 aromatic carbocycles. The minimum atomic E-state index is -3.39. The zero-order valence-corrected chi connectivity index (χ0v) is 13.1. The molecule has 0 aromatic heterocycles. The number of sulfonamides is 2. The van der Waals surface area contributed by atoms with E-state index in [0.717, 1.165) is 0 Å². The monoisotopic (exact) mass is 368 g/mol. The zero-order chi connectivity index (χ0) is 14.1. The Morgan fingerprint density at radius 2 is 1.89 bits per heavy atom. The first-order valence-corrected chi connectivity index (χ1v) is 9.89. The van der Waals surface area contributed by atoms with Crippen LogP contribution >= 0.6 is 15.9 Å². The van der Waals surface area contributed by atoms with Crippen LogP contribution in [0.1, 0.15) is 6.42 Å². The fourth-order valence-corrected chi connectivity index (χ4v) is 4.29. The van der Waals surface area contributed by atoms with Gasteiger partial charge in [-0.1, -0.05) is 15.9 Å². The van der Waals surface area contributed by atoms with E-state index < -0.39 is 20.0 Å². The lowest BCUT2D eigenvalue weighted by Crippen LogP contribution is -2.25. The minimum absolute atomic E-state index is 0.158. The maximum Gasteiger partial charge on any atom is 0.242 e. The van der Waals surface area contributed by atoms with Crippen LogP contribution in [0.5, 0.6) is 0 Å². The van der Waals surface area contributed by atoms with Gasteiger partial charge in [0.1, 0.15) is 4.66 Å². The van der Waals surface area contributed by atoms with Gasteiger partial charge in [0.25, 0.3) is 0 Å². The molecule has 1 heterocycles. The van der Waals surface area contributed by atoms with Gasteiger partial charge in [-0.15, -0.1) is 0 Å². The van der Waals surface area contributed by atoms with Crippen LogP contribution in [-0.2, 0) is 20.0 Å². The first-order valence-electron chi connectivity index (χ1n) is 5.51. The smallest absolute Gasteiger partial charge is 0.242 e. The number of halogens is 1. The Labute approximate surface area is 121 Å². The molecule has 0 amide bonds. The van der Waals surface area contributed by atoms with Crippen molar-refractivity contribution in [3.8, 4) is 0 Å². The summed E-state index contributed by atoms with van der Waals surface area (Å²) in [6, 6.07) is 6.27. The number of nitrogens with zero attached hydrogens (tertiary/aromatic N) is 1. The number of hydrogen-bond acceptors (Lipinski definition) is 4. The first-order chi connectivity index (χ1) is 8.84. The van der Waals surface area contributed by atoms with Gasteiger partial charge in [0, 0.05) is 12.2 Å². The molecule has 1 aliphatic heterocycles. The van der Waals surface area contributed by atoms with Gasteiger partial charge in [0.2, 0.25) is 20.0 Å². The van der Waals surface area contributed by atoms with E-state index in [1.54, 1.807) is 24.3 Å². The van der Waals surface area contributed by atoms with Crippen molar-refractivity contribution in [2.45, 2.75) is 6.42 Å². The number of rotatable bonds is 4. The summed E-state index contributed by atoms with van der Waals surface area (Å²) in [5.41, 5.74) is 0.957. The van der Waals surface area contributed by atoms with Crippen molar-refractivity contribution in [1.29, 1.82) is 0 Å². The third kappa shape index (κ3) is 3.40. The number of nitrogens with one attached hydrogen (secondary N) is 1. The van der Waals surface area contributed by atoms with Crippen molar-refractivity contribution in [3.63, 3.8) is 0 Å². The number of benzene rings is 1. The molecule has 19 heavy (non-hydrogen) atoms. The van der Waals surface area contributed by atoms with E-state index in [9.17, 15) is 16.8 Å². The topological polar surface area (TPSA) is 83.6 Å². The summed E-state index contributed by atoms with van der Waals surface area (Å²) in [4.78, 5) is 0. The van der Waals surface area contributed by atoms with Crippen LogP contribution < -0.4 is 9.03 Å². The second kappa shape index (κ2) is 5.29. The molecule has 0 unspecified atom stereocenters. The number of alkyl halides is 1. The van der Waals surface area contributed by atoms with E-state index in [1.807, 2.05) is 0 Å². The molecule has 1 aromatic rings. The van der Waals surface area contributed by atoms with Crippen LogP contribution in [0.15, 0.2) is 24.3 Å². The molecule has 0 aliphatic carbocycles. The van der Waals surface area contributed by atoms with Crippen molar-refractivity contribution < 1.29 is 16.8 Å². The van der Waals surface area contributed by atoms with Crippen LogP contribution in [0.4, 0.5) is 11.4 Å². The van der Waals surface area contributed by atoms with Crippen LogP contribution in [0.2, 0.25) is 0 Å². The molecule has 9 heteroatoms. The van der Waals surface area contributed by atoms with Crippen molar-refractivity contribution in [3.05, 3.63) is 24.3 Å². The molecular weight excluding hydrogens is 356 g/mol. The second-order valence-corrected chi connectivity index (χ2v) is 9.15. The van der Waals surface area contributed by atoms with Crippen LogP contribution in [-0.4, -0.2) is 33.8 Å². The van der Waals surface area contributed by atoms with Crippen LogP contribution in [0.25, 0.3) is 0 Å². The third-order valence-corrected chi connectivity index (χ3v) is 7.18. The predicted molar refractivity (Wildman–Crippen MR) is 78.5 cm³/mol. The molecule has 0 bridgehead atoms. The summed E-state index contributed by atoms with van der Waals surface area (Å²) >= 11 is 2.87. The van der Waals surface area contributed by atoms with Gasteiger partial charge >= 0.3 is 0 Å². The maximum absolute atomic E-state index is 11.7. The minimum Gasteiger partial charge on any atom is -0.283 e. The third-order valence-electron chi connectivity index (χ3n) is 2.67. The Kier molecular flexibility index (Phi) is 4.07. The highest BCUT2D eigenvalue weighted by molar-refractivity contribution is 9.10. The highest BCUT2D eigenvalue weighted by Gasteiger charge is 2.28. The lowest BCUT2D eigenvalue weighted by molar-refractivity contribution is 0.599. The summed E-state index contributed by atoms with van der Waals surface area (Å²) in [7, 11) is -6.60. The Morgan fingerprint density at radius 1 is 1.26 bits per heavy atom. The first kappa shape index (κ1) is 14.6. The highest BCUT2D eigenvalue weighted by Crippen LogP contribution is 2.25. The van der Waals surface area contributed by atoms with Crippen molar-refractivity contribution >= 4 is 47.4 Å². The molecule has 1 saturated heterocycles. The van der Waals surface area contributed by atoms with Gasteiger partial charge in [0.15, 0.2) is 0 Å². The van der Waals surface area contributed by atoms with Gasteiger partial charge in [-0.2, -0.15) is 0 Å². The molecule has 2 rings (SSSR count). The average Bonchev–Trinajstić information content (AvgIpc) is 2.70. The Balaban J connectivity index is 2.20. The van der Waals surface area contributed by atoms with Gasteiger partial charge in [-0.05, 0) is 30.7 Å². The molecule has 0 radical (unpaired) electrons. The van der Waals surface area contributed by atoms with E-state index in [2.05, 4.69) is 20.7 Å². The lowest BCUT2D eigenvalue weighted by Gasteiger charge is -2.17. The molecule has 0 atom stereocenters. The standard InChI is InChI=1S/C10H13BrN2O4S2/c11-8-18(14,15)12-9-2-4-10(5-3-9)13-6-1-7-19(13,16)17/h2-5,12H,1,6-8H2. The highest BCUT2D eigenvalue weighted by atomic mass is 79.9. The normalized spacial score (nSPS) is 18.5. The summed E-state index contributed by atoms with van der Waals surface area (Å²) in [5, 5.41) is 0. The average molecular weight is 369 g/mol. The molecular formula is C10H13BrN2O4S2. The molecule has 0 spiro atoms. The fraction of sp³-hybridized carbons (Fsp3) is 0.400. The van der Waals surface area contributed by atoms with Gasteiger partial charge in [0.05, 0.1) is 11.4 Å². The van der Waals surface area contributed by atoms with Crippen molar-refractivity contribution in [1.82, 2.24) is 0 Å². The number of hydrogen-bond donors (Lipinski definition) is 1. The van der Waals surface area contributed by atoms with Gasteiger partial charge in [-0.3, -0.25) is 9.03 Å². The van der Waals surface area contributed by atoms with E-state index in [0.29, 0.717) is 24.3 Å². The second-order valence-electron chi connectivity index (χ2n) is 4.11. The lowest BCUT2D eigenvalue weighted by atomic mass is 10.3. The summed E-state index contributed by atoms with van der Waals surface area (Å²) in [6.45, 7) is 0.467.